The maximum absolute atomic E-state index is 10.9. The SMILES string of the molecule is Cc1ccc(CNC2CCC(C)(C)C2)cc1[N+](=O)[O-]. The van der Waals surface area contributed by atoms with Gasteiger partial charge in [0.2, 0.25) is 0 Å². The van der Waals surface area contributed by atoms with E-state index < -0.39 is 0 Å². The molecule has 0 heterocycles. The summed E-state index contributed by atoms with van der Waals surface area (Å²) < 4.78 is 0. The van der Waals surface area contributed by atoms with Crippen LogP contribution in [0.15, 0.2) is 18.2 Å². The van der Waals surface area contributed by atoms with E-state index >= 15 is 0 Å². The Labute approximate surface area is 114 Å². The number of hydrogen-bond donors (Lipinski definition) is 1. The second kappa shape index (κ2) is 5.29. The molecular formula is C15H22N2O2. The standard InChI is InChI=1S/C15H22N2O2/c1-11-4-5-12(8-14(11)17(18)19)10-16-13-6-7-15(2,3)9-13/h4-5,8,13,16H,6-7,9-10H2,1-3H3. The minimum Gasteiger partial charge on any atom is -0.310 e. The lowest BCUT2D eigenvalue weighted by Gasteiger charge is -2.18. The Morgan fingerprint density at radius 3 is 2.79 bits per heavy atom. The van der Waals surface area contributed by atoms with E-state index in [1.165, 1.54) is 19.3 Å². The molecule has 1 aliphatic rings. The van der Waals surface area contributed by atoms with Gasteiger partial charge in [0.15, 0.2) is 0 Å². The third-order valence-electron chi connectivity index (χ3n) is 4.03. The van der Waals surface area contributed by atoms with E-state index in [2.05, 4.69) is 19.2 Å². The van der Waals surface area contributed by atoms with Gasteiger partial charge in [-0.05, 0) is 37.2 Å². The highest BCUT2D eigenvalue weighted by Gasteiger charge is 2.30. The molecule has 0 spiro atoms. The van der Waals surface area contributed by atoms with Crippen LogP contribution in [0, 0.1) is 22.5 Å². The fourth-order valence-electron chi connectivity index (χ4n) is 2.83. The molecule has 1 unspecified atom stereocenters. The van der Waals surface area contributed by atoms with E-state index in [-0.39, 0.29) is 10.6 Å². The van der Waals surface area contributed by atoms with Gasteiger partial charge in [0.25, 0.3) is 5.69 Å². The molecule has 1 aromatic carbocycles. The predicted octanol–water partition coefficient (Wildman–Crippen LogP) is 3.57. The minimum absolute atomic E-state index is 0.214. The van der Waals surface area contributed by atoms with Crippen LogP contribution in [0.25, 0.3) is 0 Å². The summed E-state index contributed by atoms with van der Waals surface area (Å²) in [4.78, 5) is 10.6. The van der Waals surface area contributed by atoms with E-state index in [1.807, 2.05) is 12.1 Å². The minimum atomic E-state index is -0.308. The second-order valence-electron chi connectivity index (χ2n) is 6.36. The normalized spacial score (nSPS) is 21.5. The van der Waals surface area contributed by atoms with Gasteiger partial charge in [-0.15, -0.1) is 0 Å². The molecule has 4 nitrogen and oxygen atoms in total. The molecule has 0 aromatic heterocycles. The largest absolute Gasteiger partial charge is 0.310 e. The molecule has 2 rings (SSSR count). The van der Waals surface area contributed by atoms with Crippen molar-refractivity contribution in [1.82, 2.24) is 5.32 Å². The van der Waals surface area contributed by atoms with Crippen LogP contribution in [0.3, 0.4) is 0 Å². The quantitative estimate of drug-likeness (QED) is 0.666. The summed E-state index contributed by atoms with van der Waals surface area (Å²) in [5, 5.41) is 14.4. The van der Waals surface area contributed by atoms with Crippen molar-refractivity contribution in [3.8, 4) is 0 Å². The first-order chi connectivity index (χ1) is 8.87. The van der Waals surface area contributed by atoms with Crippen LogP contribution in [0.4, 0.5) is 5.69 Å². The summed E-state index contributed by atoms with van der Waals surface area (Å²) in [5.41, 5.74) is 2.35. The van der Waals surface area contributed by atoms with Crippen LogP contribution in [0.1, 0.15) is 44.2 Å². The van der Waals surface area contributed by atoms with E-state index in [0.29, 0.717) is 18.0 Å². The number of aryl methyl sites for hydroxylation is 1. The lowest BCUT2D eigenvalue weighted by atomic mass is 9.92. The average Bonchev–Trinajstić information content (AvgIpc) is 2.67. The zero-order chi connectivity index (χ0) is 14.0. The molecule has 104 valence electrons. The molecule has 1 aliphatic carbocycles. The Bertz CT molecular complexity index is 483. The number of benzene rings is 1. The Morgan fingerprint density at radius 1 is 1.47 bits per heavy atom. The van der Waals surface area contributed by atoms with Gasteiger partial charge in [-0.25, -0.2) is 0 Å². The van der Waals surface area contributed by atoms with Crippen LogP contribution in [-0.2, 0) is 6.54 Å². The number of hydrogen-bond acceptors (Lipinski definition) is 3. The molecule has 4 heteroatoms. The van der Waals surface area contributed by atoms with Crippen LogP contribution >= 0.6 is 0 Å². The molecule has 0 bridgehead atoms. The molecule has 0 amide bonds. The zero-order valence-corrected chi connectivity index (χ0v) is 11.9. The summed E-state index contributed by atoms with van der Waals surface area (Å²) >= 11 is 0. The number of nitro benzene ring substituents is 1. The van der Waals surface area contributed by atoms with Gasteiger partial charge in [-0.1, -0.05) is 26.0 Å². The number of nitrogens with one attached hydrogen (secondary N) is 1. The summed E-state index contributed by atoms with van der Waals surface area (Å²) in [6.45, 7) is 7.08. The molecular weight excluding hydrogens is 240 g/mol. The predicted molar refractivity (Wildman–Crippen MR) is 76.1 cm³/mol. The summed E-state index contributed by atoms with van der Waals surface area (Å²) in [6.07, 6.45) is 3.63. The Hall–Kier alpha value is -1.42. The van der Waals surface area contributed by atoms with Crippen molar-refractivity contribution in [2.75, 3.05) is 0 Å². The summed E-state index contributed by atoms with van der Waals surface area (Å²) in [7, 11) is 0. The van der Waals surface area contributed by atoms with E-state index in [9.17, 15) is 10.1 Å². The van der Waals surface area contributed by atoms with Gasteiger partial charge < -0.3 is 5.32 Å². The maximum atomic E-state index is 10.9. The first-order valence-corrected chi connectivity index (χ1v) is 6.85. The Morgan fingerprint density at radius 2 is 2.21 bits per heavy atom. The third-order valence-corrected chi connectivity index (χ3v) is 4.03. The van der Waals surface area contributed by atoms with Gasteiger partial charge in [-0.2, -0.15) is 0 Å². The van der Waals surface area contributed by atoms with Crippen molar-refractivity contribution in [3.05, 3.63) is 39.4 Å². The third kappa shape index (κ3) is 3.53. The number of nitrogens with zero attached hydrogens (tertiary/aromatic N) is 1. The van der Waals surface area contributed by atoms with Gasteiger partial charge in [-0.3, -0.25) is 10.1 Å². The van der Waals surface area contributed by atoms with Crippen molar-refractivity contribution in [2.45, 2.75) is 52.6 Å². The smallest absolute Gasteiger partial charge is 0.272 e. The highest BCUT2D eigenvalue weighted by molar-refractivity contribution is 5.42. The monoisotopic (exact) mass is 262 g/mol. The highest BCUT2D eigenvalue weighted by atomic mass is 16.6. The molecule has 19 heavy (non-hydrogen) atoms. The van der Waals surface area contributed by atoms with Crippen LogP contribution in [-0.4, -0.2) is 11.0 Å². The van der Waals surface area contributed by atoms with E-state index in [4.69, 9.17) is 0 Å². The topological polar surface area (TPSA) is 55.2 Å². The summed E-state index contributed by atoms with van der Waals surface area (Å²) in [5.74, 6) is 0. The second-order valence-corrected chi connectivity index (χ2v) is 6.36. The van der Waals surface area contributed by atoms with E-state index in [1.54, 1.807) is 13.0 Å². The van der Waals surface area contributed by atoms with Crippen molar-refractivity contribution in [2.24, 2.45) is 5.41 Å². The molecule has 1 N–H and O–H groups in total. The number of nitro groups is 1. The molecule has 1 saturated carbocycles. The van der Waals surface area contributed by atoms with Gasteiger partial charge in [0.1, 0.15) is 0 Å². The van der Waals surface area contributed by atoms with Gasteiger partial charge in [0.05, 0.1) is 4.92 Å². The zero-order valence-electron chi connectivity index (χ0n) is 11.9. The fourth-order valence-corrected chi connectivity index (χ4v) is 2.83. The van der Waals surface area contributed by atoms with Crippen LogP contribution in [0.5, 0.6) is 0 Å². The van der Waals surface area contributed by atoms with Crippen LogP contribution in [0.2, 0.25) is 0 Å². The molecule has 0 saturated heterocycles. The van der Waals surface area contributed by atoms with Crippen molar-refractivity contribution >= 4 is 5.69 Å². The number of rotatable bonds is 4. The first-order valence-electron chi connectivity index (χ1n) is 6.85. The fraction of sp³-hybridized carbons (Fsp3) is 0.600. The molecule has 0 radical (unpaired) electrons. The lowest BCUT2D eigenvalue weighted by molar-refractivity contribution is -0.385. The molecule has 1 fully saturated rings. The van der Waals surface area contributed by atoms with Crippen molar-refractivity contribution in [1.29, 1.82) is 0 Å². The lowest BCUT2D eigenvalue weighted by Crippen LogP contribution is -2.26. The van der Waals surface area contributed by atoms with E-state index in [0.717, 1.165) is 11.1 Å². The van der Waals surface area contributed by atoms with Crippen molar-refractivity contribution in [3.63, 3.8) is 0 Å². The van der Waals surface area contributed by atoms with Gasteiger partial charge >= 0.3 is 0 Å². The van der Waals surface area contributed by atoms with Gasteiger partial charge in [0, 0.05) is 24.2 Å². The Kier molecular flexibility index (Phi) is 3.90. The average molecular weight is 262 g/mol. The van der Waals surface area contributed by atoms with Crippen LogP contribution < -0.4 is 5.32 Å². The Balaban J connectivity index is 1.97. The molecule has 1 aromatic rings. The maximum Gasteiger partial charge on any atom is 0.272 e. The summed E-state index contributed by atoms with van der Waals surface area (Å²) in [6, 6.07) is 6.02. The molecule has 1 atom stereocenters. The first kappa shape index (κ1) is 14.0. The van der Waals surface area contributed by atoms with Crippen molar-refractivity contribution < 1.29 is 4.92 Å². The highest BCUT2D eigenvalue weighted by Crippen LogP contribution is 2.37. The molecule has 0 aliphatic heterocycles.